The van der Waals surface area contributed by atoms with E-state index >= 15 is 0 Å². The van der Waals surface area contributed by atoms with Crippen LogP contribution in [-0.4, -0.2) is 16.1 Å². The van der Waals surface area contributed by atoms with Crippen molar-refractivity contribution in [3.05, 3.63) is 12.3 Å². The summed E-state index contributed by atoms with van der Waals surface area (Å²) in [6, 6.07) is 3.34. The van der Waals surface area contributed by atoms with E-state index in [0.717, 1.165) is 0 Å². The van der Waals surface area contributed by atoms with E-state index in [4.69, 9.17) is 5.26 Å². The molecule has 11 heavy (non-hydrogen) atoms. The number of hydrogen-bond donors (Lipinski definition) is 2. The summed E-state index contributed by atoms with van der Waals surface area (Å²) >= 11 is 0. The number of carbonyl (C=O) groups excluding carboxylic acids is 1. The molecule has 1 aromatic rings. The highest BCUT2D eigenvalue weighted by atomic mass is 16.1. The number of nitrogens with one attached hydrogen (secondary N) is 2. The number of rotatable bonds is 2. The van der Waals surface area contributed by atoms with Crippen LogP contribution < -0.4 is 5.32 Å². The zero-order valence-corrected chi connectivity index (χ0v) is 5.66. The van der Waals surface area contributed by atoms with Crippen LogP contribution in [0.15, 0.2) is 12.3 Å². The topological polar surface area (TPSA) is 81.6 Å². The van der Waals surface area contributed by atoms with Crippen LogP contribution in [0.2, 0.25) is 0 Å². The number of carbonyl (C=O) groups is 1. The van der Waals surface area contributed by atoms with Crippen LogP contribution in [0.3, 0.4) is 0 Å². The lowest BCUT2D eigenvalue weighted by molar-refractivity contribution is -0.115. The summed E-state index contributed by atoms with van der Waals surface area (Å²) in [5.74, 6) is 0.169. The Balaban J connectivity index is 2.45. The van der Waals surface area contributed by atoms with E-state index in [1.165, 1.54) is 6.20 Å². The molecule has 0 saturated heterocycles. The lowest BCUT2D eigenvalue weighted by atomic mass is 10.4. The average Bonchev–Trinajstić information content (AvgIpc) is 2.40. The molecule has 0 aromatic carbocycles. The Hall–Kier alpha value is -1.83. The van der Waals surface area contributed by atoms with Crippen molar-refractivity contribution >= 4 is 11.7 Å². The molecule has 0 bridgehead atoms. The molecule has 1 heterocycles. The number of hydrogen-bond acceptors (Lipinski definition) is 3. The highest BCUT2D eigenvalue weighted by Gasteiger charge is 1.99. The second-order valence-electron chi connectivity index (χ2n) is 1.85. The third kappa shape index (κ3) is 2.10. The van der Waals surface area contributed by atoms with Crippen molar-refractivity contribution < 1.29 is 4.79 Å². The molecular weight excluding hydrogens is 144 g/mol. The van der Waals surface area contributed by atoms with Gasteiger partial charge in [-0.15, -0.1) is 0 Å². The highest BCUT2D eigenvalue weighted by molar-refractivity contribution is 5.90. The van der Waals surface area contributed by atoms with Gasteiger partial charge in [-0.2, -0.15) is 10.4 Å². The van der Waals surface area contributed by atoms with Crippen LogP contribution in [-0.2, 0) is 4.79 Å². The Morgan fingerprint density at radius 1 is 1.91 bits per heavy atom. The predicted octanol–water partition coefficient (Wildman–Crippen LogP) is 0.262. The van der Waals surface area contributed by atoms with Gasteiger partial charge in [-0.3, -0.25) is 9.89 Å². The first-order valence-electron chi connectivity index (χ1n) is 2.99. The maximum atomic E-state index is 10.7. The van der Waals surface area contributed by atoms with E-state index in [2.05, 4.69) is 15.5 Å². The maximum Gasteiger partial charge on any atom is 0.239 e. The van der Waals surface area contributed by atoms with Gasteiger partial charge in [0.25, 0.3) is 0 Å². The molecule has 0 aliphatic rings. The second kappa shape index (κ2) is 3.37. The molecule has 1 amide bonds. The normalized spacial score (nSPS) is 8.64. The number of amides is 1. The zero-order chi connectivity index (χ0) is 8.10. The minimum atomic E-state index is -0.336. The molecule has 5 heteroatoms. The van der Waals surface area contributed by atoms with Crippen molar-refractivity contribution in [3.63, 3.8) is 0 Å². The standard InChI is InChI=1S/C6H6N4O/c7-3-1-6(11)9-5-2-4-8-10-5/h2,4H,1H2,(H2,8,9,10,11). The van der Waals surface area contributed by atoms with Crippen LogP contribution in [0, 0.1) is 11.3 Å². The minimum absolute atomic E-state index is 0.140. The number of anilines is 1. The van der Waals surface area contributed by atoms with Gasteiger partial charge in [-0.1, -0.05) is 0 Å². The molecule has 0 aliphatic carbocycles. The van der Waals surface area contributed by atoms with Crippen LogP contribution in [0.25, 0.3) is 0 Å². The number of nitriles is 1. The summed E-state index contributed by atoms with van der Waals surface area (Å²) in [5.41, 5.74) is 0. The summed E-state index contributed by atoms with van der Waals surface area (Å²) in [6.45, 7) is 0. The summed E-state index contributed by atoms with van der Waals surface area (Å²) < 4.78 is 0. The van der Waals surface area contributed by atoms with Crippen molar-refractivity contribution in [2.24, 2.45) is 0 Å². The molecule has 2 N–H and O–H groups in total. The van der Waals surface area contributed by atoms with Gasteiger partial charge in [0.15, 0.2) is 0 Å². The average molecular weight is 150 g/mol. The van der Waals surface area contributed by atoms with Crippen molar-refractivity contribution in [2.75, 3.05) is 5.32 Å². The van der Waals surface area contributed by atoms with E-state index in [1.54, 1.807) is 12.1 Å². The Morgan fingerprint density at radius 3 is 3.27 bits per heavy atom. The molecule has 0 saturated carbocycles. The van der Waals surface area contributed by atoms with Crippen LogP contribution in [0.1, 0.15) is 6.42 Å². The van der Waals surface area contributed by atoms with Gasteiger partial charge >= 0.3 is 0 Å². The van der Waals surface area contributed by atoms with Crippen LogP contribution in [0.4, 0.5) is 5.82 Å². The van der Waals surface area contributed by atoms with Crippen molar-refractivity contribution in [3.8, 4) is 6.07 Å². The molecule has 1 rings (SSSR count). The summed E-state index contributed by atoms with van der Waals surface area (Å²) in [6.07, 6.45) is 1.38. The second-order valence-corrected chi connectivity index (χ2v) is 1.85. The Kier molecular flexibility index (Phi) is 2.23. The van der Waals surface area contributed by atoms with Crippen LogP contribution in [0.5, 0.6) is 0 Å². The van der Waals surface area contributed by atoms with Gasteiger partial charge < -0.3 is 5.32 Å². The lowest BCUT2D eigenvalue weighted by Crippen LogP contribution is -2.10. The molecule has 0 radical (unpaired) electrons. The van der Waals surface area contributed by atoms with Crippen molar-refractivity contribution in [1.82, 2.24) is 10.2 Å². The minimum Gasteiger partial charge on any atom is -0.310 e. The predicted molar refractivity (Wildman–Crippen MR) is 37.4 cm³/mol. The summed E-state index contributed by atoms with van der Waals surface area (Å²) in [7, 11) is 0. The number of nitrogens with zero attached hydrogens (tertiary/aromatic N) is 2. The van der Waals surface area contributed by atoms with Gasteiger partial charge in [0.1, 0.15) is 12.2 Å². The van der Waals surface area contributed by atoms with Gasteiger partial charge in [0, 0.05) is 6.07 Å². The molecule has 0 aliphatic heterocycles. The SMILES string of the molecule is N#CCC(=O)Nc1ccn[nH]1. The molecule has 5 nitrogen and oxygen atoms in total. The molecule has 0 spiro atoms. The molecule has 0 unspecified atom stereocenters. The quantitative estimate of drug-likeness (QED) is 0.634. The van der Waals surface area contributed by atoms with Crippen molar-refractivity contribution in [1.29, 1.82) is 5.26 Å². The molecule has 0 atom stereocenters. The summed E-state index contributed by atoms with van der Waals surface area (Å²) in [5, 5.41) is 16.7. The first kappa shape index (κ1) is 7.28. The third-order valence-electron chi connectivity index (χ3n) is 1.01. The first-order chi connectivity index (χ1) is 5.33. The van der Waals surface area contributed by atoms with Crippen molar-refractivity contribution in [2.45, 2.75) is 6.42 Å². The largest absolute Gasteiger partial charge is 0.310 e. The fourth-order valence-corrected chi connectivity index (χ4v) is 0.592. The Labute approximate surface area is 63.0 Å². The number of aromatic nitrogens is 2. The molecular formula is C6H6N4O. The van der Waals surface area contributed by atoms with Crippen LogP contribution >= 0.6 is 0 Å². The van der Waals surface area contributed by atoms with Gasteiger partial charge in [-0.25, -0.2) is 0 Å². The fraction of sp³-hybridized carbons (Fsp3) is 0.167. The van der Waals surface area contributed by atoms with E-state index < -0.39 is 0 Å². The maximum absolute atomic E-state index is 10.7. The third-order valence-corrected chi connectivity index (χ3v) is 1.01. The van der Waals surface area contributed by atoms with Gasteiger partial charge in [0.05, 0.1) is 12.3 Å². The van der Waals surface area contributed by atoms with E-state index in [-0.39, 0.29) is 12.3 Å². The number of aromatic amines is 1. The monoisotopic (exact) mass is 150 g/mol. The Morgan fingerprint density at radius 2 is 2.73 bits per heavy atom. The molecule has 0 fully saturated rings. The highest BCUT2D eigenvalue weighted by Crippen LogP contribution is 1.98. The van der Waals surface area contributed by atoms with E-state index in [1.807, 2.05) is 0 Å². The Bertz CT molecular complexity index is 271. The zero-order valence-electron chi connectivity index (χ0n) is 5.66. The van der Waals surface area contributed by atoms with Gasteiger partial charge in [0.2, 0.25) is 5.91 Å². The van der Waals surface area contributed by atoms with E-state index in [9.17, 15) is 4.79 Å². The fourth-order valence-electron chi connectivity index (χ4n) is 0.592. The number of H-pyrrole nitrogens is 1. The van der Waals surface area contributed by atoms with E-state index in [0.29, 0.717) is 5.82 Å². The molecule has 1 aromatic heterocycles. The summed E-state index contributed by atoms with van der Waals surface area (Å²) in [4.78, 5) is 10.7. The lowest BCUT2D eigenvalue weighted by Gasteiger charge is -1.95. The first-order valence-corrected chi connectivity index (χ1v) is 2.99. The smallest absolute Gasteiger partial charge is 0.239 e. The van der Waals surface area contributed by atoms with Gasteiger partial charge in [-0.05, 0) is 0 Å². The molecule has 56 valence electrons.